The van der Waals surface area contributed by atoms with Crippen molar-refractivity contribution in [1.82, 2.24) is 0 Å². The van der Waals surface area contributed by atoms with E-state index in [1.165, 1.54) is 21.1 Å². The number of allylic oxidation sites excluding steroid dienone is 8. The third kappa shape index (κ3) is 2.12. The van der Waals surface area contributed by atoms with Gasteiger partial charge >= 0.3 is 111 Å². The molecule has 0 radical (unpaired) electrons. The predicted molar refractivity (Wildman–Crippen MR) is 73.9 cm³/mol. The van der Waals surface area contributed by atoms with Crippen molar-refractivity contribution in [3.8, 4) is 0 Å². The quantitative estimate of drug-likeness (QED) is 0.644. The molecule has 0 N–H and O–H groups in total. The minimum atomic E-state index is -2.23. The second-order valence-corrected chi connectivity index (χ2v) is 17.1. The van der Waals surface area contributed by atoms with Gasteiger partial charge in [0.1, 0.15) is 0 Å². The Labute approximate surface area is 111 Å². The van der Waals surface area contributed by atoms with Crippen LogP contribution in [0.1, 0.15) is 40.5 Å². The molecule has 0 aromatic carbocycles. The molecule has 0 heterocycles. The van der Waals surface area contributed by atoms with Gasteiger partial charge in [-0.25, -0.2) is 0 Å². The van der Waals surface area contributed by atoms with Gasteiger partial charge < -0.3 is 0 Å². The van der Waals surface area contributed by atoms with Gasteiger partial charge in [0.05, 0.1) is 0 Å². The number of hydrogen-bond donors (Lipinski definition) is 0. The fraction of sp³-hybridized carbons (Fsp3) is 0.500. The van der Waals surface area contributed by atoms with Crippen molar-refractivity contribution in [2.24, 2.45) is 0 Å². The Bertz CT molecular complexity index is 390. The summed E-state index contributed by atoms with van der Waals surface area (Å²) in [5.41, 5.74) is 3.19. The molecule has 2 aliphatic carbocycles. The van der Waals surface area contributed by atoms with E-state index >= 15 is 0 Å². The van der Waals surface area contributed by atoms with Crippen LogP contribution in [0.25, 0.3) is 0 Å². The van der Waals surface area contributed by atoms with Crippen molar-refractivity contribution < 1.29 is 20.3 Å². The normalized spacial score (nSPS) is 20.0. The number of rotatable bonds is 4. The molecule has 0 nitrogen and oxygen atoms in total. The molecule has 0 spiro atoms. The Morgan fingerprint density at radius 3 is 1.53 bits per heavy atom. The molecule has 0 unspecified atom stereocenters. The van der Waals surface area contributed by atoms with Gasteiger partial charge in [-0.1, -0.05) is 0 Å². The Morgan fingerprint density at radius 2 is 1.29 bits per heavy atom. The summed E-state index contributed by atoms with van der Waals surface area (Å²) in [6, 6.07) is 0. The monoisotopic (exact) mass is 306 g/mol. The zero-order valence-corrected chi connectivity index (χ0v) is 14.1. The third-order valence-electron chi connectivity index (χ3n) is 4.69. The van der Waals surface area contributed by atoms with Crippen LogP contribution in [0.5, 0.6) is 0 Å². The van der Waals surface area contributed by atoms with Crippen molar-refractivity contribution in [2.75, 3.05) is 0 Å². The van der Waals surface area contributed by atoms with Gasteiger partial charge in [-0.15, -0.1) is 0 Å². The average Bonchev–Trinajstić information content (AvgIpc) is 2.93. The molecule has 0 aromatic heterocycles. The summed E-state index contributed by atoms with van der Waals surface area (Å²) in [7, 11) is 0. The molecule has 0 aromatic rings. The zero-order chi connectivity index (χ0) is 12.5. The van der Waals surface area contributed by atoms with Crippen LogP contribution in [0.15, 0.2) is 42.0 Å². The molecule has 2 rings (SSSR count). The van der Waals surface area contributed by atoms with Crippen molar-refractivity contribution >= 4 is 0 Å². The maximum absolute atomic E-state index is 2.44. The Balaban J connectivity index is 2.48. The summed E-state index contributed by atoms with van der Waals surface area (Å²) < 4.78 is 6.63. The van der Waals surface area contributed by atoms with Crippen LogP contribution in [-0.2, 0) is 20.3 Å². The first-order chi connectivity index (χ1) is 8.15. The molecular weight excluding hydrogens is 283 g/mol. The molecular formula is C16H24Zr. The molecule has 0 atom stereocenters. The van der Waals surface area contributed by atoms with Crippen LogP contribution in [0.2, 0.25) is 8.26 Å². The van der Waals surface area contributed by atoms with Crippen molar-refractivity contribution in [2.45, 2.75) is 48.8 Å². The van der Waals surface area contributed by atoms with Gasteiger partial charge in [0, 0.05) is 0 Å². The predicted octanol–water partition coefficient (Wildman–Crippen LogP) is 5.48. The molecule has 0 amide bonds. The van der Waals surface area contributed by atoms with E-state index in [0.717, 1.165) is 0 Å². The Kier molecular flexibility index (Phi) is 4.08. The van der Waals surface area contributed by atoms with Gasteiger partial charge in [-0.2, -0.15) is 0 Å². The van der Waals surface area contributed by atoms with Gasteiger partial charge in [-0.05, 0) is 0 Å². The van der Waals surface area contributed by atoms with E-state index < -0.39 is 20.3 Å². The molecule has 0 bridgehead atoms. The van der Waals surface area contributed by atoms with Gasteiger partial charge in [0.2, 0.25) is 0 Å². The van der Waals surface area contributed by atoms with Crippen LogP contribution < -0.4 is 0 Å². The van der Waals surface area contributed by atoms with E-state index in [4.69, 9.17) is 0 Å². The summed E-state index contributed by atoms with van der Waals surface area (Å²) in [6.45, 7) is 9.54. The summed E-state index contributed by atoms with van der Waals surface area (Å²) in [5, 5.41) is 0. The molecule has 0 fully saturated rings. The first-order valence-corrected chi connectivity index (χ1v) is 12.8. The molecule has 0 aliphatic heterocycles. The summed E-state index contributed by atoms with van der Waals surface area (Å²) in [5.74, 6) is 0. The SMILES string of the molecule is C[CH2][Zr]([CH2]C)([C]1=C(C)C=CC1)[C]1=C(C)C=CC1. The van der Waals surface area contributed by atoms with Gasteiger partial charge in [0.25, 0.3) is 0 Å². The van der Waals surface area contributed by atoms with E-state index in [1.807, 2.05) is 6.56 Å². The van der Waals surface area contributed by atoms with E-state index in [2.05, 4.69) is 52.0 Å². The molecule has 17 heavy (non-hydrogen) atoms. The van der Waals surface area contributed by atoms with Crippen LogP contribution in [0.3, 0.4) is 0 Å². The van der Waals surface area contributed by atoms with E-state index in [0.29, 0.717) is 0 Å². The molecule has 1 heteroatoms. The minimum absolute atomic E-state index is 1.25. The summed E-state index contributed by atoms with van der Waals surface area (Å²) in [4.78, 5) is 0. The van der Waals surface area contributed by atoms with E-state index in [9.17, 15) is 0 Å². The van der Waals surface area contributed by atoms with Crippen molar-refractivity contribution in [3.05, 3.63) is 42.0 Å². The fourth-order valence-corrected chi connectivity index (χ4v) is 16.6. The van der Waals surface area contributed by atoms with E-state index in [-0.39, 0.29) is 0 Å². The fourth-order valence-electron chi connectivity index (χ4n) is 3.66. The second kappa shape index (κ2) is 5.23. The Hall–Kier alpha value is -0.157. The molecule has 0 saturated heterocycles. The van der Waals surface area contributed by atoms with Crippen molar-refractivity contribution in [1.29, 1.82) is 0 Å². The van der Waals surface area contributed by atoms with Crippen LogP contribution in [0, 0.1) is 0 Å². The molecule has 92 valence electrons. The zero-order valence-electron chi connectivity index (χ0n) is 11.6. The van der Waals surface area contributed by atoms with Crippen LogP contribution >= 0.6 is 0 Å². The molecule has 0 saturated carbocycles. The first-order valence-electron chi connectivity index (χ1n) is 6.89. The van der Waals surface area contributed by atoms with E-state index in [1.54, 1.807) is 11.1 Å². The summed E-state index contributed by atoms with van der Waals surface area (Å²) >= 11 is -2.23. The van der Waals surface area contributed by atoms with Crippen LogP contribution in [-0.4, -0.2) is 0 Å². The number of hydrogen-bond acceptors (Lipinski definition) is 0. The van der Waals surface area contributed by atoms with Crippen LogP contribution in [0.4, 0.5) is 0 Å². The molecule has 2 aliphatic rings. The maximum atomic E-state index is 2.44. The van der Waals surface area contributed by atoms with Crippen molar-refractivity contribution in [3.63, 3.8) is 0 Å². The van der Waals surface area contributed by atoms with Gasteiger partial charge in [0.15, 0.2) is 0 Å². The third-order valence-corrected chi connectivity index (χ3v) is 19.3. The standard InChI is InChI=1S/2C6H7.2C2H5.Zr/c2*1-6-4-2-3-5-6;2*1-2;/h2*2,4H,3H2,1H3;2*1H2,2H3;. The average molecular weight is 308 g/mol. The topological polar surface area (TPSA) is 0 Å². The van der Waals surface area contributed by atoms with Gasteiger partial charge in [-0.3, -0.25) is 0 Å². The Morgan fingerprint density at radius 1 is 0.882 bits per heavy atom. The summed E-state index contributed by atoms with van der Waals surface area (Å²) in [6.07, 6.45) is 12.0. The second-order valence-electron chi connectivity index (χ2n) is 5.33. The first kappa shape index (κ1) is 13.3.